The first kappa shape index (κ1) is 23.7. The van der Waals surface area contributed by atoms with E-state index in [1.807, 2.05) is 37.4 Å². The van der Waals surface area contributed by atoms with Gasteiger partial charge in [0.1, 0.15) is 11.8 Å². The summed E-state index contributed by atoms with van der Waals surface area (Å²) in [6.07, 6.45) is 4.04. The Bertz CT molecular complexity index is 843. The minimum atomic E-state index is -0.880. The topological polar surface area (TPSA) is 87.7 Å². The molecule has 0 bridgehead atoms. The molecule has 2 aromatic carbocycles. The van der Waals surface area contributed by atoms with Crippen LogP contribution in [0.15, 0.2) is 42.5 Å². The molecule has 1 amide bonds. The molecule has 0 aliphatic heterocycles. The van der Waals surface area contributed by atoms with Crippen LogP contribution < -0.4 is 10.6 Å². The summed E-state index contributed by atoms with van der Waals surface area (Å²) >= 11 is 6.35. The molecular formula is C23H29ClN2O4. The van der Waals surface area contributed by atoms with Gasteiger partial charge in [0.15, 0.2) is 0 Å². The number of unbranched alkanes of at least 4 members (excludes halogenated alkanes) is 2. The molecule has 0 aliphatic rings. The number of carbonyl (C=O) groups excluding carboxylic acids is 2. The molecule has 0 aliphatic carbocycles. The van der Waals surface area contributed by atoms with Crippen LogP contribution in [-0.2, 0) is 22.4 Å². The fourth-order valence-corrected chi connectivity index (χ4v) is 3.45. The third-order valence-corrected chi connectivity index (χ3v) is 5.21. The zero-order valence-electron chi connectivity index (χ0n) is 17.4. The third-order valence-electron chi connectivity index (χ3n) is 4.86. The van der Waals surface area contributed by atoms with Gasteiger partial charge >= 0.3 is 5.97 Å². The number of benzene rings is 2. The molecule has 0 saturated carbocycles. The van der Waals surface area contributed by atoms with Crippen LogP contribution >= 0.6 is 11.6 Å². The van der Waals surface area contributed by atoms with E-state index in [0.29, 0.717) is 5.02 Å². The third kappa shape index (κ3) is 7.04. The Kier molecular flexibility index (Phi) is 9.64. The fraction of sp³-hybridized carbons (Fsp3) is 0.391. The zero-order valence-corrected chi connectivity index (χ0v) is 18.2. The Hall–Kier alpha value is -2.57. The highest BCUT2D eigenvalue weighted by Gasteiger charge is 2.24. The van der Waals surface area contributed by atoms with Gasteiger partial charge in [-0.05, 0) is 56.1 Å². The fourth-order valence-electron chi connectivity index (χ4n) is 3.19. The molecule has 0 fully saturated rings. The number of carbonyl (C=O) groups is 2. The minimum absolute atomic E-state index is 0.0286. The summed E-state index contributed by atoms with van der Waals surface area (Å²) in [5, 5.41) is 16.6. The number of phenolic OH excluding ortho intramolecular Hbond substituents is 1. The minimum Gasteiger partial charge on any atom is -0.507 e. The van der Waals surface area contributed by atoms with E-state index in [4.69, 9.17) is 16.3 Å². The molecule has 0 spiro atoms. The Morgan fingerprint density at radius 3 is 2.53 bits per heavy atom. The number of halogens is 1. The Morgan fingerprint density at radius 2 is 1.87 bits per heavy atom. The van der Waals surface area contributed by atoms with Crippen molar-refractivity contribution in [3.05, 3.63) is 64.2 Å². The zero-order chi connectivity index (χ0) is 21.9. The molecule has 0 radical (unpaired) electrons. The van der Waals surface area contributed by atoms with E-state index in [-0.39, 0.29) is 17.7 Å². The van der Waals surface area contributed by atoms with Crippen LogP contribution in [0.5, 0.6) is 5.75 Å². The number of ether oxygens (including phenoxy) is 1. The lowest BCUT2D eigenvalue weighted by atomic mass is 10.0. The number of phenols is 1. The van der Waals surface area contributed by atoms with Crippen molar-refractivity contribution in [1.29, 1.82) is 0 Å². The van der Waals surface area contributed by atoms with Crippen molar-refractivity contribution in [3.8, 4) is 5.75 Å². The molecule has 3 N–H and O–H groups in total. The molecule has 6 nitrogen and oxygen atoms in total. The van der Waals surface area contributed by atoms with Gasteiger partial charge in [-0.2, -0.15) is 0 Å². The van der Waals surface area contributed by atoms with Gasteiger partial charge in [0, 0.05) is 11.4 Å². The maximum absolute atomic E-state index is 12.7. The van der Waals surface area contributed by atoms with E-state index in [2.05, 4.69) is 10.6 Å². The van der Waals surface area contributed by atoms with Crippen LogP contribution in [0.1, 0.15) is 40.7 Å². The van der Waals surface area contributed by atoms with Crippen molar-refractivity contribution in [2.45, 2.75) is 38.1 Å². The van der Waals surface area contributed by atoms with Gasteiger partial charge in [-0.25, -0.2) is 4.79 Å². The van der Waals surface area contributed by atoms with Gasteiger partial charge in [-0.1, -0.05) is 48.4 Å². The number of amides is 1. The van der Waals surface area contributed by atoms with Crippen LogP contribution in [0.4, 0.5) is 0 Å². The number of methoxy groups -OCH3 is 1. The number of nitrogens with one attached hydrogen (secondary N) is 2. The molecule has 2 aromatic rings. The predicted octanol–water partition coefficient (Wildman–Crippen LogP) is 3.49. The molecule has 30 heavy (non-hydrogen) atoms. The maximum atomic E-state index is 12.7. The van der Waals surface area contributed by atoms with Crippen molar-refractivity contribution < 1.29 is 19.4 Å². The molecular weight excluding hydrogens is 404 g/mol. The average molecular weight is 433 g/mol. The SMILES string of the molecule is CNCCCCCc1cc(O)c(C(=O)NC(Cc2ccccc2)C(=O)OC)cc1Cl. The summed E-state index contributed by atoms with van der Waals surface area (Å²) in [7, 11) is 3.19. The van der Waals surface area contributed by atoms with E-state index in [0.717, 1.165) is 43.4 Å². The van der Waals surface area contributed by atoms with Crippen LogP contribution in [0.25, 0.3) is 0 Å². The summed E-state index contributed by atoms with van der Waals surface area (Å²) in [4.78, 5) is 24.9. The number of aryl methyl sites for hydroxylation is 1. The van der Waals surface area contributed by atoms with Crippen molar-refractivity contribution in [1.82, 2.24) is 10.6 Å². The van der Waals surface area contributed by atoms with Crippen molar-refractivity contribution >= 4 is 23.5 Å². The molecule has 162 valence electrons. The number of rotatable bonds is 11. The number of aromatic hydroxyl groups is 1. The highest BCUT2D eigenvalue weighted by atomic mass is 35.5. The molecule has 0 aromatic heterocycles. The quantitative estimate of drug-likeness (QED) is 0.373. The molecule has 0 heterocycles. The highest BCUT2D eigenvalue weighted by Crippen LogP contribution is 2.28. The molecule has 7 heteroatoms. The summed E-state index contributed by atoms with van der Waals surface area (Å²) in [6.45, 7) is 0.961. The summed E-state index contributed by atoms with van der Waals surface area (Å²) in [6, 6.07) is 11.4. The largest absolute Gasteiger partial charge is 0.507 e. The van der Waals surface area contributed by atoms with Gasteiger partial charge in [-0.15, -0.1) is 0 Å². The number of hydrogen-bond donors (Lipinski definition) is 3. The monoisotopic (exact) mass is 432 g/mol. The second-order valence-electron chi connectivity index (χ2n) is 7.11. The lowest BCUT2D eigenvalue weighted by Gasteiger charge is -2.17. The molecule has 0 saturated heterocycles. The summed E-state index contributed by atoms with van der Waals surface area (Å²) in [5.41, 5.74) is 1.70. The normalized spacial score (nSPS) is 11.7. The van der Waals surface area contributed by atoms with E-state index in [1.54, 1.807) is 0 Å². The molecule has 1 atom stereocenters. The van der Waals surface area contributed by atoms with Gasteiger partial charge in [0.25, 0.3) is 5.91 Å². The Morgan fingerprint density at radius 1 is 1.13 bits per heavy atom. The van der Waals surface area contributed by atoms with Crippen molar-refractivity contribution in [2.75, 3.05) is 20.7 Å². The van der Waals surface area contributed by atoms with Gasteiger partial charge in [-0.3, -0.25) is 4.79 Å². The predicted molar refractivity (Wildman–Crippen MR) is 118 cm³/mol. The van der Waals surface area contributed by atoms with Crippen LogP contribution in [0.3, 0.4) is 0 Å². The second-order valence-corrected chi connectivity index (χ2v) is 7.52. The Labute approximate surface area is 182 Å². The van der Waals surface area contributed by atoms with Crippen LogP contribution in [0, 0.1) is 0 Å². The molecule has 1 unspecified atom stereocenters. The van der Waals surface area contributed by atoms with Crippen molar-refractivity contribution in [3.63, 3.8) is 0 Å². The average Bonchev–Trinajstić information content (AvgIpc) is 2.75. The maximum Gasteiger partial charge on any atom is 0.328 e. The highest BCUT2D eigenvalue weighted by molar-refractivity contribution is 6.31. The first-order valence-corrected chi connectivity index (χ1v) is 10.4. The van der Waals surface area contributed by atoms with Crippen LogP contribution in [0.2, 0.25) is 5.02 Å². The number of hydrogen-bond acceptors (Lipinski definition) is 5. The number of esters is 1. The second kappa shape index (κ2) is 12.2. The summed E-state index contributed by atoms with van der Waals surface area (Å²) < 4.78 is 4.82. The first-order chi connectivity index (χ1) is 14.5. The van der Waals surface area contributed by atoms with Gasteiger partial charge < -0.3 is 20.5 Å². The standard InChI is InChI=1S/C23H29ClN2O4/c1-25-12-8-4-7-11-17-14-21(27)18(15-19(17)24)22(28)26-20(23(29)30-2)13-16-9-5-3-6-10-16/h3,5-6,9-10,14-15,20,25,27H,4,7-8,11-13H2,1-2H3,(H,26,28). The first-order valence-electron chi connectivity index (χ1n) is 10.0. The van der Waals surface area contributed by atoms with E-state index in [1.165, 1.54) is 19.2 Å². The van der Waals surface area contributed by atoms with Gasteiger partial charge in [0.2, 0.25) is 0 Å². The van der Waals surface area contributed by atoms with Crippen LogP contribution in [-0.4, -0.2) is 43.7 Å². The smallest absolute Gasteiger partial charge is 0.328 e. The van der Waals surface area contributed by atoms with Gasteiger partial charge in [0.05, 0.1) is 12.7 Å². The lowest BCUT2D eigenvalue weighted by Crippen LogP contribution is -2.43. The summed E-state index contributed by atoms with van der Waals surface area (Å²) in [5.74, 6) is -1.30. The van der Waals surface area contributed by atoms with Crippen molar-refractivity contribution in [2.24, 2.45) is 0 Å². The molecule has 2 rings (SSSR count). The Balaban J connectivity index is 2.08. The van der Waals surface area contributed by atoms with E-state index >= 15 is 0 Å². The van der Waals surface area contributed by atoms with E-state index < -0.39 is 17.9 Å². The lowest BCUT2D eigenvalue weighted by molar-refractivity contribution is -0.142. The van der Waals surface area contributed by atoms with E-state index in [9.17, 15) is 14.7 Å².